The van der Waals surface area contributed by atoms with Crippen molar-refractivity contribution in [1.29, 1.82) is 5.39 Å². The summed E-state index contributed by atoms with van der Waals surface area (Å²) < 4.78 is 2.71. The lowest BCUT2D eigenvalue weighted by Gasteiger charge is -0.912. The van der Waals surface area contributed by atoms with Gasteiger partial charge in [-0.2, -0.15) is 0 Å². The van der Waals surface area contributed by atoms with Gasteiger partial charge in [-0.05, 0) is 0 Å². The summed E-state index contributed by atoms with van der Waals surface area (Å²) in [6, 6.07) is 0. The summed E-state index contributed by atoms with van der Waals surface area (Å²) in [6.45, 7) is 0. The maximum Gasteiger partial charge on any atom is 0.923 e. The van der Waals surface area contributed by atoms with Gasteiger partial charge in [0, 0.05) is 0 Å². The largest absolute Gasteiger partial charge is 0.923 e. The highest BCUT2D eigenvalue weighted by molar-refractivity contribution is 7.72. The van der Waals surface area contributed by atoms with E-state index in [0.29, 0.717) is 0 Å². The number of hydrogen-bond acceptors (Lipinski definition) is 2. The Kier molecular flexibility index (Phi) is 3.94. The molecule has 0 spiro atoms. The van der Waals surface area contributed by atoms with Crippen LogP contribution in [0.15, 0.2) is 0 Å². The monoisotopic (exact) mass is 188 g/mol. The zero-order chi connectivity index (χ0) is 3.41. The lowest BCUT2D eigenvalue weighted by Crippen LogP contribution is -3.51. The van der Waals surface area contributed by atoms with E-state index < -0.39 is 20.1 Å². The Balaban J connectivity index is 2.43. The van der Waals surface area contributed by atoms with E-state index in [4.69, 9.17) is 5.39 Å². The number of hydrogen-bond donors (Lipinski definition) is 1. The summed E-state index contributed by atoms with van der Waals surface area (Å²) in [7, 11) is 3.61. The molecule has 0 aromatic rings. The summed E-state index contributed by atoms with van der Waals surface area (Å²) in [5.74, 6) is 0. The maximum absolute atomic E-state index is 7.47. The highest BCUT2D eigenvalue weighted by Crippen LogP contribution is 1.11. The van der Waals surface area contributed by atoms with Crippen molar-refractivity contribution >= 4 is 9.80 Å². The van der Waals surface area contributed by atoms with Gasteiger partial charge in [-0.25, -0.2) is 0 Å². The third-order valence-electron chi connectivity index (χ3n) is 0.0338. The second-order valence-corrected chi connectivity index (χ2v) is 2.03. The van der Waals surface area contributed by atoms with Crippen LogP contribution in [0.4, 0.5) is 0 Å². The number of halogens is 1. The van der Waals surface area contributed by atoms with Gasteiger partial charge in [-0.15, -0.1) is 0 Å². The van der Waals surface area contributed by atoms with Gasteiger partial charge >= 0.3 is 23.3 Å². The molecule has 0 amide bonds. The van der Waals surface area contributed by atoms with Crippen LogP contribution in [0.25, 0.3) is 3.19 Å². The van der Waals surface area contributed by atoms with Crippen LogP contribution in [0, 0.1) is 5.39 Å². The molecule has 0 atom stereocenters. The van der Waals surface area contributed by atoms with Gasteiger partial charge < -0.3 is 0 Å². The molecule has 4 heavy (non-hydrogen) atoms. The number of rotatable bonds is 0. The molecule has 0 aliphatic heterocycles. The fraction of sp³-hybridized carbons (Fsp3) is 0. The Morgan fingerprint density at radius 3 is 2.25 bits per heavy atom. The average Bonchev–Trinajstić information content (AvgIpc) is 1.37. The molecule has 0 saturated heterocycles. The number of thiol groups is 1. The van der Waals surface area contributed by atoms with Gasteiger partial charge in [0.05, 0.1) is 0 Å². The van der Waals surface area contributed by atoms with Gasteiger partial charge in [0.25, 0.3) is 5.39 Å². The van der Waals surface area contributed by atoms with Crippen molar-refractivity contribution < 1.29 is 20.1 Å². The Bertz CT molecular complexity index is 35.8. The van der Waals surface area contributed by atoms with Gasteiger partial charge in [-0.3, -0.25) is 0 Å². The molecule has 0 heterocycles. The van der Waals surface area contributed by atoms with Crippen LogP contribution in [0.3, 0.4) is 0 Å². The molecular weight excluding hydrogens is 187 g/mol. The Morgan fingerprint density at radius 2 is 2.25 bits per heavy atom. The molecule has 22 valence electrons. The predicted molar refractivity (Wildman–Crippen MR) is 14.1 cm³/mol. The van der Waals surface area contributed by atoms with Crippen molar-refractivity contribution in [2.75, 3.05) is 0 Å². The fourth-order valence-corrected chi connectivity index (χ4v) is 0. The molecule has 0 fully saturated rings. The summed E-state index contributed by atoms with van der Waals surface area (Å²) in [6.07, 6.45) is 0. The number of nitrogens with zero attached hydrogens (tertiary/aromatic N) is 2. The molecular formula is HIN2S+2. The van der Waals surface area contributed by atoms with Crippen molar-refractivity contribution in [1.82, 2.24) is 0 Å². The van der Waals surface area contributed by atoms with Crippen LogP contribution in [0.2, 0.25) is 0 Å². The standard InChI is InChI=1S/HIN2S/c2-3-1-4/h4H/q+2. The predicted octanol–water partition coefficient (Wildman–Crippen LogP) is -2.31. The minimum absolute atomic E-state index is 0.514. The molecule has 0 aliphatic rings. The first-order valence-electron chi connectivity index (χ1n) is 0.538. The van der Waals surface area contributed by atoms with E-state index in [9.17, 15) is 0 Å². The van der Waals surface area contributed by atoms with Crippen LogP contribution in [0.5, 0.6) is 0 Å². The lowest BCUT2D eigenvalue weighted by atomic mass is 13.4. The van der Waals surface area contributed by atoms with Crippen LogP contribution in [-0.2, 0) is 0 Å². The highest BCUT2D eigenvalue weighted by atomic mass is 127. The molecule has 2 nitrogen and oxygen atoms in total. The summed E-state index contributed by atoms with van der Waals surface area (Å²) in [5.41, 5.74) is 0. The smallest absolute Gasteiger partial charge is 0.208 e. The number of diazo groups is 1. The van der Waals surface area contributed by atoms with Crippen molar-refractivity contribution in [2.45, 2.75) is 0 Å². The average molecular weight is 188 g/mol. The first-order chi connectivity index (χ1) is 1.91. The van der Waals surface area contributed by atoms with Crippen LogP contribution < -0.4 is 20.1 Å². The van der Waals surface area contributed by atoms with Crippen molar-refractivity contribution in [3.63, 3.8) is 0 Å². The minimum atomic E-state index is -0.514. The summed E-state index contributed by atoms with van der Waals surface area (Å²) in [5, 5.41) is 7.47. The second kappa shape index (κ2) is 3.50. The van der Waals surface area contributed by atoms with Crippen LogP contribution in [-0.4, -0.2) is 0 Å². The second-order valence-electron chi connectivity index (χ2n) is 0.151. The van der Waals surface area contributed by atoms with E-state index in [-0.39, 0.29) is 0 Å². The van der Waals surface area contributed by atoms with Gasteiger partial charge in [0.1, 0.15) is 0 Å². The van der Waals surface area contributed by atoms with Crippen molar-refractivity contribution in [3.05, 3.63) is 3.19 Å². The summed E-state index contributed by atoms with van der Waals surface area (Å²) >= 11 is -0.514. The Hall–Kier alpha value is 0.500. The third-order valence-corrected chi connectivity index (χ3v) is 0.680. The Morgan fingerprint density at radius 1 is 2.00 bits per heavy atom. The van der Waals surface area contributed by atoms with E-state index in [1.807, 2.05) is 0 Å². The van der Waals surface area contributed by atoms with Gasteiger partial charge in [0.15, 0.2) is 0 Å². The highest BCUT2D eigenvalue weighted by Gasteiger charge is 2.11. The third kappa shape index (κ3) is 2.50. The minimum Gasteiger partial charge on any atom is 0.208 e. The lowest BCUT2D eigenvalue weighted by molar-refractivity contribution is -0.402. The van der Waals surface area contributed by atoms with E-state index in [1.165, 1.54) is 0 Å². The van der Waals surface area contributed by atoms with E-state index in [0.717, 1.165) is 0 Å². The molecule has 0 radical (unpaired) electrons. The van der Waals surface area contributed by atoms with Gasteiger partial charge in [0.2, 0.25) is 9.80 Å². The molecule has 0 bridgehead atoms. The van der Waals surface area contributed by atoms with Crippen LogP contribution >= 0.6 is 9.80 Å². The topological polar surface area (TPSA) is 28.1 Å². The molecule has 0 saturated carbocycles. The molecule has 0 aliphatic carbocycles. The van der Waals surface area contributed by atoms with E-state index >= 15 is 0 Å². The molecule has 0 aromatic heterocycles. The zero-order valence-corrected chi connectivity index (χ0v) is 4.77. The molecule has 0 aromatic carbocycles. The fourth-order valence-electron chi connectivity index (χ4n) is 0. The molecule has 0 N–H and O–H groups in total. The van der Waals surface area contributed by atoms with Crippen molar-refractivity contribution in [3.8, 4) is 0 Å². The zero-order valence-electron chi connectivity index (χ0n) is 1.72. The SMILES string of the molecule is N#[N+][I+]S. The quantitative estimate of drug-likeness (QED) is 0.258. The first-order valence-corrected chi connectivity index (χ1v) is 4.74. The van der Waals surface area contributed by atoms with Gasteiger partial charge in [-0.1, -0.05) is 0 Å². The molecule has 0 unspecified atom stereocenters. The van der Waals surface area contributed by atoms with Crippen molar-refractivity contribution in [2.24, 2.45) is 0 Å². The normalized spacial score (nSPS) is 5.00. The summed E-state index contributed by atoms with van der Waals surface area (Å²) in [4.78, 5) is 0. The first kappa shape index (κ1) is 4.50. The Labute approximate surface area is 38.7 Å². The van der Waals surface area contributed by atoms with E-state index in [1.54, 1.807) is 0 Å². The molecule has 0 rings (SSSR count). The molecule has 4 heteroatoms. The van der Waals surface area contributed by atoms with Crippen LogP contribution in [0.1, 0.15) is 0 Å². The maximum atomic E-state index is 7.47. The van der Waals surface area contributed by atoms with E-state index in [2.05, 4.69) is 13.0 Å².